The summed E-state index contributed by atoms with van der Waals surface area (Å²) in [6.45, 7) is 2.96. The van der Waals surface area contributed by atoms with Crippen molar-refractivity contribution in [3.8, 4) is 11.5 Å². The van der Waals surface area contributed by atoms with E-state index in [-0.39, 0.29) is 5.56 Å². The monoisotopic (exact) mass is 437 g/mol. The molecule has 168 valence electrons. The molecule has 3 rings (SSSR count). The maximum Gasteiger partial charge on any atom is 0.416 e. The topological polar surface area (TPSA) is 59.0 Å². The first kappa shape index (κ1) is 22.9. The first-order valence-corrected chi connectivity index (χ1v) is 10.2. The summed E-state index contributed by atoms with van der Waals surface area (Å²) in [7, 11) is 1.50. The zero-order valence-electron chi connectivity index (χ0n) is 17.5. The number of piperidine rings is 1. The normalized spacial score (nSPS) is 16.7. The maximum absolute atomic E-state index is 13.8. The number of hydrogen-bond donors (Lipinski definition) is 1. The molecule has 0 aliphatic carbocycles. The zero-order valence-corrected chi connectivity index (χ0v) is 17.5. The third-order valence-corrected chi connectivity index (χ3v) is 5.61. The first-order valence-electron chi connectivity index (χ1n) is 10.2. The molecule has 2 aromatic carbocycles. The molecule has 0 spiro atoms. The lowest BCUT2D eigenvalue weighted by Crippen LogP contribution is -2.39. The van der Waals surface area contributed by atoms with Gasteiger partial charge in [-0.25, -0.2) is 0 Å². The second-order valence-electron chi connectivity index (χ2n) is 7.48. The molecule has 1 unspecified atom stereocenters. The Kier molecular flexibility index (Phi) is 7.10. The van der Waals surface area contributed by atoms with Crippen LogP contribution in [0.4, 0.5) is 13.2 Å². The molecule has 0 bridgehead atoms. The van der Waals surface area contributed by atoms with Crippen molar-refractivity contribution in [2.45, 2.75) is 32.0 Å². The fourth-order valence-corrected chi connectivity index (χ4v) is 4.12. The van der Waals surface area contributed by atoms with Gasteiger partial charge < -0.3 is 14.6 Å². The Morgan fingerprint density at radius 2 is 1.84 bits per heavy atom. The van der Waals surface area contributed by atoms with Gasteiger partial charge in [-0.15, -0.1) is 0 Å². The smallest absolute Gasteiger partial charge is 0.416 e. The molecule has 1 fully saturated rings. The molecule has 0 saturated carbocycles. The van der Waals surface area contributed by atoms with Crippen molar-refractivity contribution >= 4 is 5.97 Å². The average molecular weight is 437 g/mol. The van der Waals surface area contributed by atoms with E-state index in [0.717, 1.165) is 6.07 Å². The van der Waals surface area contributed by atoms with Crippen molar-refractivity contribution in [1.82, 2.24) is 4.90 Å². The minimum atomic E-state index is -4.51. The van der Waals surface area contributed by atoms with Crippen LogP contribution in [0, 0.1) is 5.92 Å². The quantitative estimate of drug-likeness (QED) is 0.661. The molecule has 0 amide bonds. The average Bonchev–Trinajstić information content (AvgIpc) is 2.74. The van der Waals surface area contributed by atoms with Crippen LogP contribution in [0.25, 0.3) is 0 Å². The van der Waals surface area contributed by atoms with E-state index in [1.54, 1.807) is 24.3 Å². The lowest BCUT2D eigenvalue weighted by molar-refractivity contribution is -0.143. The van der Waals surface area contributed by atoms with Crippen molar-refractivity contribution in [2.24, 2.45) is 5.92 Å². The van der Waals surface area contributed by atoms with Gasteiger partial charge in [0, 0.05) is 0 Å². The highest BCUT2D eigenvalue weighted by Gasteiger charge is 2.38. The Balaban J connectivity index is 2.09. The largest absolute Gasteiger partial charge is 0.493 e. The molecular weight excluding hydrogens is 411 g/mol. The fourth-order valence-electron chi connectivity index (χ4n) is 4.12. The molecule has 1 aliphatic heterocycles. The van der Waals surface area contributed by atoms with Crippen LogP contribution in [0.2, 0.25) is 0 Å². The number of carbonyl (C=O) groups is 1. The number of likely N-dealkylation sites (tertiary alicyclic amines) is 1. The van der Waals surface area contributed by atoms with Crippen molar-refractivity contribution in [3.63, 3.8) is 0 Å². The molecule has 1 heterocycles. The van der Waals surface area contributed by atoms with Crippen LogP contribution in [0.15, 0.2) is 42.5 Å². The number of methoxy groups -OCH3 is 1. The van der Waals surface area contributed by atoms with Crippen LogP contribution in [0.3, 0.4) is 0 Å². The van der Waals surface area contributed by atoms with Gasteiger partial charge in [0.1, 0.15) is 0 Å². The number of nitrogens with zero attached hydrogens (tertiary/aromatic N) is 1. The highest BCUT2D eigenvalue weighted by Crippen LogP contribution is 2.42. The minimum Gasteiger partial charge on any atom is -0.493 e. The molecule has 0 radical (unpaired) electrons. The van der Waals surface area contributed by atoms with Crippen LogP contribution in [0.5, 0.6) is 11.5 Å². The molecule has 1 saturated heterocycles. The van der Waals surface area contributed by atoms with E-state index in [1.807, 2.05) is 11.8 Å². The number of benzene rings is 2. The molecule has 5 nitrogen and oxygen atoms in total. The van der Waals surface area contributed by atoms with E-state index >= 15 is 0 Å². The van der Waals surface area contributed by atoms with Crippen LogP contribution in [0.1, 0.15) is 42.5 Å². The molecule has 31 heavy (non-hydrogen) atoms. The van der Waals surface area contributed by atoms with E-state index in [2.05, 4.69) is 0 Å². The number of halogens is 3. The predicted octanol–water partition coefficient (Wildman–Crippen LogP) is 5.00. The van der Waals surface area contributed by atoms with Gasteiger partial charge in [0.2, 0.25) is 0 Å². The highest BCUT2D eigenvalue weighted by atomic mass is 19.4. The van der Waals surface area contributed by atoms with Crippen molar-refractivity contribution in [1.29, 1.82) is 0 Å². The second-order valence-corrected chi connectivity index (χ2v) is 7.48. The third-order valence-electron chi connectivity index (χ3n) is 5.61. The fraction of sp³-hybridized carbons (Fsp3) is 0.435. The molecule has 1 aliphatic rings. The van der Waals surface area contributed by atoms with E-state index in [9.17, 15) is 23.1 Å². The summed E-state index contributed by atoms with van der Waals surface area (Å²) in [5.41, 5.74) is 0.0697. The van der Waals surface area contributed by atoms with Gasteiger partial charge in [-0.1, -0.05) is 24.3 Å². The SMILES string of the molecule is CCOc1cc(C(c2ccccc2C(F)(F)F)N2CCC(C(=O)O)CC2)ccc1OC. The Morgan fingerprint density at radius 3 is 2.42 bits per heavy atom. The molecule has 1 N–H and O–H groups in total. The predicted molar refractivity (Wildman–Crippen MR) is 109 cm³/mol. The lowest BCUT2D eigenvalue weighted by Gasteiger charge is -2.38. The van der Waals surface area contributed by atoms with Gasteiger partial charge >= 0.3 is 12.1 Å². The number of ether oxygens (including phenoxy) is 2. The Bertz CT molecular complexity index is 908. The van der Waals surface area contributed by atoms with E-state index < -0.39 is 29.7 Å². The summed E-state index contributed by atoms with van der Waals surface area (Å²) in [6.07, 6.45) is -3.74. The molecule has 1 atom stereocenters. The highest BCUT2D eigenvalue weighted by molar-refractivity contribution is 5.70. The summed E-state index contributed by atoms with van der Waals surface area (Å²) in [5, 5.41) is 9.30. The summed E-state index contributed by atoms with van der Waals surface area (Å²) >= 11 is 0. The second kappa shape index (κ2) is 9.60. The molecular formula is C23H26F3NO4. The van der Waals surface area contributed by atoms with E-state index in [4.69, 9.17) is 9.47 Å². The van der Waals surface area contributed by atoms with Crippen LogP contribution >= 0.6 is 0 Å². The molecule has 8 heteroatoms. The van der Waals surface area contributed by atoms with Crippen molar-refractivity contribution in [3.05, 3.63) is 59.2 Å². The summed E-state index contributed by atoms with van der Waals surface area (Å²) in [4.78, 5) is 13.3. The van der Waals surface area contributed by atoms with Gasteiger partial charge in [0.05, 0.1) is 31.2 Å². The maximum atomic E-state index is 13.8. The number of carboxylic acid groups (broad SMARTS) is 1. The minimum absolute atomic E-state index is 0.136. The number of rotatable bonds is 7. The Hall–Kier alpha value is -2.74. The van der Waals surface area contributed by atoms with Crippen LogP contribution < -0.4 is 9.47 Å². The lowest BCUT2D eigenvalue weighted by atomic mass is 9.89. The first-order chi connectivity index (χ1) is 14.8. The van der Waals surface area contributed by atoms with Gasteiger partial charge in [-0.3, -0.25) is 9.69 Å². The van der Waals surface area contributed by atoms with Gasteiger partial charge in [-0.2, -0.15) is 13.2 Å². The zero-order chi connectivity index (χ0) is 22.6. The molecule has 0 aromatic heterocycles. The summed E-state index contributed by atoms with van der Waals surface area (Å²) in [6, 6.07) is 9.98. The van der Waals surface area contributed by atoms with Crippen molar-refractivity contribution < 1.29 is 32.5 Å². The number of carboxylic acids is 1. The Labute approximate surface area is 179 Å². The van der Waals surface area contributed by atoms with Gasteiger partial charge in [-0.05, 0) is 62.2 Å². The standard InChI is InChI=1S/C23H26F3NO4/c1-3-31-20-14-16(8-9-19(20)30-2)21(27-12-10-15(11-13-27)22(28)29)17-6-4-5-7-18(17)23(24,25)26/h4-9,14-15,21H,3,10-13H2,1-2H3,(H,28,29). The third kappa shape index (κ3) is 5.12. The Morgan fingerprint density at radius 1 is 1.16 bits per heavy atom. The van der Waals surface area contributed by atoms with Crippen LogP contribution in [-0.4, -0.2) is 42.8 Å². The van der Waals surface area contributed by atoms with Gasteiger partial charge in [0.15, 0.2) is 11.5 Å². The number of hydrogen-bond acceptors (Lipinski definition) is 4. The number of aliphatic carboxylic acids is 1. The van der Waals surface area contributed by atoms with Gasteiger partial charge in [0.25, 0.3) is 0 Å². The summed E-state index contributed by atoms with van der Waals surface area (Å²) in [5.74, 6) is -0.393. The van der Waals surface area contributed by atoms with E-state index in [0.29, 0.717) is 49.6 Å². The number of alkyl halides is 3. The van der Waals surface area contributed by atoms with E-state index in [1.165, 1.54) is 19.2 Å². The van der Waals surface area contributed by atoms with Crippen molar-refractivity contribution in [2.75, 3.05) is 26.8 Å². The molecule has 2 aromatic rings. The van der Waals surface area contributed by atoms with Crippen LogP contribution in [-0.2, 0) is 11.0 Å². The summed E-state index contributed by atoms with van der Waals surface area (Å²) < 4.78 is 52.5.